The van der Waals surface area contributed by atoms with Crippen molar-refractivity contribution in [1.82, 2.24) is 10.2 Å². The quantitative estimate of drug-likeness (QED) is 0.878. The van der Waals surface area contributed by atoms with Crippen LogP contribution in [0.1, 0.15) is 55.3 Å². The molecule has 0 bridgehead atoms. The third-order valence-corrected chi connectivity index (χ3v) is 4.32. The fourth-order valence-corrected chi connectivity index (χ4v) is 3.18. The zero-order valence-corrected chi connectivity index (χ0v) is 13.4. The Labute approximate surface area is 124 Å². The van der Waals surface area contributed by atoms with Crippen molar-refractivity contribution in [1.29, 1.82) is 0 Å². The van der Waals surface area contributed by atoms with Crippen molar-refractivity contribution >= 4 is 0 Å². The average molecular weight is 274 g/mol. The summed E-state index contributed by atoms with van der Waals surface area (Å²) in [5, 5.41) is 3.68. The molecule has 2 heteroatoms. The first-order chi connectivity index (χ1) is 9.65. The predicted octanol–water partition coefficient (Wildman–Crippen LogP) is 3.83. The third kappa shape index (κ3) is 4.92. The van der Waals surface area contributed by atoms with Crippen molar-refractivity contribution < 1.29 is 0 Å². The van der Waals surface area contributed by atoms with Crippen LogP contribution in [0.4, 0.5) is 0 Å². The molecule has 1 fully saturated rings. The van der Waals surface area contributed by atoms with Crippen LogP contribution >= 0.6 is 0 Å². The summed E-state index contributed by atoms with van der Waals surface area (Å²) in [7, 11) is 0. The molecule has 2 nitrogen and oxygen atoms in total. The molecule has 1 unspecified atom stereocenters. The van der Waals surface area contributed by atoms with Crippen LogP contribution in [0.5, 0.6) is 0 Å². The maximum Gasteiger partial charge on any atom is 0.0292 e. The van der Waals surface area contributed by atoms with Crippen molar-refractivity contribution in [2.45, 2.75) is 52.5 Å². The molecule has 20 heavy (non-hydrogen) atoms. The Bertz CT molecular complexity index is 386. The molecule has 1 aliphatic heterocycles. The Morgan fingerprint density at radius 2 is 1.60 bits per heavy atom. The average Bonchev–Trinajstić information content (AvgIpc) is 2.66. The maximum absolute atomic E-state index is 3.68. The number of aryl methyl sites for hydroxylation is 2. The number of benzene rings is 1. The second-order valence-electron chi connectivity index (χ2n) is 6.35. The van der Waals surface area contributed by atoms with E-state index in [4.69, 9.17) is 0 Å². The Kier molecular flexibility index (Phi) is 6.06. The smallest absolute Gasteiger partial charge is 0.0292 e. The maximum atomic E-state index is 3.68. The summed E-state index contributed by atoms with van der Waals surface area (Å²) >= 11 is 0. The Morgan fingerprint density at radius 3 is 2.20 bits per heavy atom. The number of hydrogen-bond donors (Lipinski definition) is 1. The molecule has 112 valence electrons. The molecular formula is C18H30N2. The summed E-state index contributed by atoms with van der Waals surface area (Å²) in [5.41, 5.74) is 4.14. The number of likely N-dealkylation sites (tertiary alicyclic amines) is 1. The van der Waals surface area contributed by atoms with E-state index in [9.17, 15) is 0 Å². The molecule has 0 amide bonds. The minimum absolute atomic E-state index is 0.445. The standard InChI is InChI=1S/C18H30N2/c1-15-12-16(2)14-18(13-15)17(3)19-8-11-20-9-6-4-5-7-10-20/h12-14,17,19H,4-11H2,1-3H3. The van der Waals surface area contributed by atoms with Gasteiger partial charge in [-0.3, -0.25) is 0 Å². The number of rotatable bonds is 5. The van der Waals surface area contributed by atoms with Gasteiger partial charge in [0.05, 0.1) is 0 Å². The number of nitrogens with one attached hydrogen (secondary N) is 1. The fraction of sp³-hybridized carbons (Fsp3) is 0.667. The van der Waals surface area contributed by atoms with Gasteiger partial charge in [-0.15, -0.1) is 0 Å². The molecule has 1 atom stereocenters. The van der Waals surface area contributed by atoms with Crippen LogP contribution in [-0.2, 0) is 0 Å². The van der Waals surface area contributed by atoms with E-state index < -0.39 is 0 Å². The van der Waals surface area contributed by atoms with Crippen LogP contribution in [-0.4, -0.2) is 31.1 Å². The molecule has 1 heterocycles. The fourth-order valence-electron chi connectivity index (χ4n) is 3.18. The predicted molar refractivity (Wildman–Crippen MR) is 87.2 cm³/mol. The van der Waals surface area contributed by atoms with Gasteiger partial charge < -0.3 is 10.2 Å². The summed E-state index contributed by atoms with van der Waals surface area (Å²) < 4.78 is 0. The van der Waals surface area contributed by atoms with Crippen molar-refractivity contribution in [3.63, 3.8) is 0 Å². The molecule has 0 spiro atoms. The van der Waals surface area contributed by atoms with Gasteiger partial charge in [-0.05, 0) is 52.3 Å². The number of nitrogens with zero attached hydrogens (tertiary/aromatic N) is 1. The summed E-state index contributed by atoms with van der Waals surface area (Å²) in [5.74, 6) is 0. The molecule has 1 N–H and O–H groups in total. The van der Waals surface area contributed by atoms with Crippen molar-refractivity contribution in [2.75, 3.05) is 26.2 Å². The van der Waals surface area contributed by atoms with E-state index in [0.29, 0.717) is 6.04 Å². The summed E-state index contributed by atoms with van der Waals surface area (Å²) in [6.45, 7) is 11.5. The SMILES string of the molecule is Cc1cc(C)cc(C(C)NCCN2CCCCCC2)c1. The minimum Gasteiger partial charge on any atom is -0.309 e. The first kappa shape index (κ1) is 15.5. The Hall–Kier alpha value is -0.860. The van der Waals surface area contributed by atoms with Crippen LogP contribution < -0.4 is 5.32 Å². The van der Waals surface area contributed by atoms with Crippen LogP contribution in [0, 0.1) is 13.8 Å². The topological polar surface area (TPSA) is 15.3 Å². The zero-order chi connectivity index (χ0) is 14.4. The van der Waals surface area contributed by atoms with Gasteiger partial charge in [0.1, 0.15) is 0 Å². The Morgan fingerprint density at radius 1 is 1.00 bits per heavy atom. The van der Waals surface area contributed by atoms with Gasteiger partial charge >= 0.3 is 0 Å². The van der Waals surface area contributed by atoms with E-state index >= 15 is 0 Å². The first-order valence-electron chi connectivity index (χ1n) is 8.19. The lowest BCUT2D eigenvalue weighted by atomic mass is 10.0. The van der Waals surface area contributed by atoms with E-state index in [-0.39, 0.29) is 0 Å². The van der Waals surface area contributed by atoms with Crippen molar-refractivity contribution in [2.24, 2.45) is 0 Å². The van der Waals surface area contributed by atoms with Gasteiger partial charge in [0, 0.05) is 19.1 Å². The van der Waals surface area contributed by atoms with E-state index in [0.717, 1.165) is 6.54 Å². The molecule has 0 saturated carbocycles. The molecule has 0 aromatic heterocycles. The lowest BCUT2D eigenvalue weighted by molar-refractivity contribution is 0.280. The monoisotopic (exact) mass is 274 g/mol. The highest BCUT2D eigenvalue weighted by atomic mass is 15.1. The van der Waals surface area contributed by atoms with Gasteiger partial charge in [0.2, 0.25) is 0 Å². The van der Waals surface area contributed by atoms with Gasteiger partial charge in [-0.1, -0.05) is 42.2 Å². The third-order valence-electron chi connectivity index (χ3n) is 4.32. The summed E-state index contributed by atoms with van der Waals surface area (Å²) in [6, 6.07) is 7.29. The molecular weight excluding hydrogens is 244 g/mol. The molecule has 1 aliphatic rings. The van der Waals surface area contributed by atoms with Crippen molar-refractivity contribution in [3.05, 3.63) is 34.9 Å². The van der Waals surface area contributed by atoms with Gasteiger partial charge in [-0.2, -0.15) is 0 Å². The highest BCUT2D eigenvalue weighted by Crippen LogP contribution is 2.16. The Balaban J connectivity index is 1.78. The van der Waals surface area contributed by atoms with Gasteiger partial charge in [-0.25, -0.2) is 0 Å². The van der Waals surface area contributed by atoms with Crippen LogP contribution in [0.3, 0.4) is 0 Å². The zero-order valence-electron chi connectivity index (χ0n) is 13.4. The van der Waals surface area contributed by atoms with Gasteiger partial charge in [0.25, 0.3) is 0 Å². The lowest BCUT2D eigenvalue weighted by Crippen LogP contribution is -2.33. The highest BCUT2D eigenvalue weighted by Gasteiger charge is 2.10. The minimum atomic E-state index is 0.445. The molecule has 0 radical (unpaired) electrons. The molecule has 0 aliphatic carbocycles. The molecule has 1 aromatic rings. The molecule has 1 aromatic carbocycles. The van der Waals surface area contributed by atoms with E-state index in [1.54, 1.807) is 0 Å². The summed E-state index contributed by atoms with van der Waals surface area (Å²) in [6.07, 6.45) is 5.60. The normalized spacial score (nSPS) is 18.8. The lowest BCUT2D eigenvalue weighted by Gasteiger charge is -2.22. The van der Waals surface area contributed by atoms with Crippen LogP contribution in [0.2, 0.25) is 0 Å². The first-order valence-corrected chi connectivity index (χ1v) is 8.19. The summed E-state index contributed by atoms with van der Waals surface area (Å²) in [4.78, 5) is 2.62. The largest absolute Gasteiger partial charge is 0.309 e. The second-order valence-corrected chi connectivity index (χ2v) is 6.35. The van der Waals surface area contributed by atoms with Crippen molar-refractivity contribution in [3.8, 4) is 0 Å². The molecule has 1 saturated heterocycles. The second kappa shape index (κ2) is 7.80. The number of hydrogen-bond acceptors (Lipinski definition) is 2. The van der Waals surface area contributed by atoms with Crippen LogP contribution in [0.15, 0.2) is 18.2 Å². The highest BCUT2D eigenvalue weighted by molar-refractivity contribution is 5.30. The van der Waals surface area contributed by atoms with E-state index in [2.05, 4.69) is 49.2 Å². The van der Waals surface area contributed by atoms with Gasteiger partial charge in [0.15, 0.2) is 0 Å². The van der Waals surface area contributed by atoms with Crippen LogP contribution in [0.25, 0.3) is 0 Å². The van der Waals surface area contributed by atoms with E-state index in [1.807, 2.05) is 0 Å². The van der Waals surface area contributed by atoms with E-state index in [1.165, 1.54) is 62.0 Å². The molecule has 2 rings (SSSR count).